The number of nitrogens with one attached hydrogen (secondary N) is 1. The van der Waals surface area contributed by atoms with Crippen LogP contribution >= 0.6 is 0 Å². The highest BCUT2D eigenvalue weighted by Crippen LogP contribution is 2.37. The summed E-state index contributed by atoms with van der Waals surface area (Å²) in [6.45, 7) is 0.719. The third-order valence-electron chi connectivity index (χ3n) is 5.56. The molecule has 0 amide bonds. The Labute approximate surface area is 172 Å². The first kappa shape index (κ1) is 18.4. The third-order valence-corrected chi connectivity index (χ3v) is 5.56. The first-order valence-electron chi connectivity index (χ1n) is 9.80. The molecule has 0 bridgehead atoms. The third kappa shape index (κ3) is 3.12. The van der Waals surface area contributed by atoms with E-state index in [9.17, 15) is 8.78 Å². The van der Waals surface area contributed by atoms with Gasteiger partial charge >= 0.3 is 0 Å². The summed E-state index contributed by atoms with van der Waals surface area (Å²) in [5.74, 6) is -0.132. The Bertz CT molecular complexity index is 1250. The van der Waals surface area contributed by atoms with Gasteiger partial charge in [-0.1, -0.05) is 12.1 Å². The van der Waals surface area contributed by atoms with Crippen LogP contribution in [0.2, 0.25) is 0 Å². The van der Waals surface area contributed by atoms with Crippen molar-refractivity contribution < 1.29 is 8.78 Å². The minimum atomic E-state index is -0.439. The van der Waals surface area contributed by atoms with Crippen LogP contribution in [0.5, 0.6) is 0 Å². The number of fused-ring (bicyclic) bond motifs is 1. The molecule has 1 saturated heterocycles. The molecule has 150 valence electrons. The number of benzene rings is 2. The van der Waals surface area contributed by atoms with Crippen molar-refractivity contribution in [3.63, 3.8) is 0 Å². The standard InChI is InChI=1S/C23H19F2N5/c24-16-6-7-19(25)18(12-16)21-5-2-10-29(21)22-9-8-20-23(28-22)30(14-27-20)17-4-1-3-15(11-17)13-26/h1,3-4,6-9,11-14,21,26H,2,5,10H2/t21-/m0/s1. The molecule has 1 fully saturated rings. The Morgan fingerprint density at radius 1 is 1.07 bits per heavy atom. The lowest BCUT2D eigenvalue weighted by Gasteiger charge is -2.26. The number of imidazole rings is 1. The van der Waals surface area contributed by atoms with Gasteiger partial charge in [0.1, 0.15) is 29.3 Å². The van der Waals surface area contributed by atoms with Crippen LogP contribution in [0.3, 0.4) is 0 Å². The molecule has 5 rings (SSSR count). The van der Waals surface area contributed by atoms with Crippen LogP contribution in [0.25, 0.3) is 16.9 Å². The number of halogens is 2. The molecule has 30 heavy (non-hydrogen) atoms. The van der Waals surface area contributed by atoms with Crippen molar-refractivity contribution in [3.8, 4) is 5.69 Å². The smallest absolute Gasteiger partial charge is 0.166 e. The highest BCUT2D eigenvalue weighted by molar-refractivity contribution is 5.79. The minimum absolute atomic E-state index is 0.261. The Kier molecular flexibility index (Phi) is 4.50. The van der Waals surface area contributed by atoms with Crippen LogP contribution in [0.4, 0.5) is 14.6 Å². The molecule has 0 unspecified atom stereocenters. The van der Waals surface area contributed by atoms with Crippen LogP contribution in [0.15, 0.2) is 60.9 Å². The van der Waals surface area contributed by atoms with E-state index in [2.05, 4.69) is 4.98 Å². The van der Waals surface area contributed by atoms with Crippen LogP contribution in [-0.2, 0) is 0 Å². The van der Waals surface area contributed by atoms with Crippen molar-refractivity contribution >= 4 is 23.2 Å². The molecule has 5 nitrogen and oxygen atoms in total. The van der Waals surface area contributed by atoms with Gasteiger partial charge in [0.25, 0.3) is 0 Å². The fraction of sp³-hybridized carbons (Fsp3) is 0.174. The van der Waals surface area contributed by atoms with Crippen molar-refractivity contribution in [3.05, 3.63) is 83.7 Å². The van der Waals surface area contributed by atoms with Crippen LogP contribution < -0.4 is 4.90 Å². The lowest BCUT2D eigenvalue weighted by atomic mass is 10.0. The Morgan fingerprint density at radius 3 is 2.83 bits per heavy atom. The predicted octanol–water partition coefficient (Wildman–Crippen LogP) is 5.04. The zero-order valence-electron chi connectivity index (χ0n) is 16.1. The molecule has 0 saturated carbocycles. The maximum Gasteiger partial charge on any atom is 0.166 e. The number of anilines is 1. The van der Waals surface area contributed by atoms with Crippen LogP contribution in [-0.4, -0.2) is 27.3 Å². The molecule has 1 aliphatic heterocycles. The van der Waals surface area contributed by atoms with E-state index in [0.717, 1.165) is 42.2 Å². The molecule has 2 aromatic carbocycles. The maximum absolute atomic E-state index is 14.4. The summed E-state index contributed by atoms with van der Waals surface area (Å²) in [4.78, 5) is 11.3. The fourth-order valence-electron chi connectivity index (χ4n) is 4.13. The van der Waals surface area contributed by atoms with Gasteiger partial charge in [0.15, 0.2) is 5.65 Å². The lowest BCUT2D eigenvalue weighted by Crippen LogP contribution is -2.24. The molecular formula is C23H19F2N5. The average molecular weight is 403 g/mol. The van der Waals surface area contributed by atoms with E-state index in [4.69, 9.17) is 10.4 Å². The fourth-order valence-corrected chi connectivity index (χ4v) is 4.13. The zero-order valence-corrected chi connectivity index (χ0v) is 16.1. The number of hydrogen-bond donors (Lipinski definition) is 1. The van der Waals surface area contributed by atoms with Gasteiger partial charge < -0.3 is 10.3 Å². The van der Waals surface area contributed by atoms with Gasteiger partial charge in [-0.15, -0.1) is 0 Å². The highest BCUT2D eigenvalue weighted by atomic mass is 19.1. The Balaban J connectivity index is 1.57. The Morgan fingerprint density at radius 2 is 1.97 bits per heavy atom. The number of rotatable bonds is 4. The van der Waals surface area contributed by atoms with E-state index < -0.39 is 11.6 Å². The van der Waals surface area contributed by atoms with Gasteiger partial charge in [-0.05, 0) is 60.9 Å². The Hall–Kier alpha value is -3.61. The molecule has 2 aromatic heterocycles. The summed E-state index contributed by atoms with van der Waals surface area (Å²) in [6.07, 6.45) is 4.61. The second-order valence-electron chi connectivity index (χ2n) is 7.38. The summed E-state index contributed by atoms with van der Waals surface area (Å²) < 4.78 is 30.1. The van der Waals surface area contributed by atoms with Gasteiger partial charge in [-0.3, -0.25) is 4.57 Å². The van der Waals surface area contributed by atoms with Gasteiger partial charge in [0.2, 0.25) is 0 Å². The SMILES string of the molecule is N=Cc1cccc(-n2cnc3ccc(N4CCC[C@H]4c4cc(F)ccc4F)nc32)c1. The van der Waals surface area contributed by atoms with E-state index in [1.807, 2.05) is 45.9 Å². The van der Waals surface area contributed by atoms with Gasteiger partial charge in [0.05, 0.1) is 6.04 Å². The van der Waals surface area contributed by atoms with Crippen LogP contribution in [0, 0.1) is 17.0 Å². The van der Waals surface area contributed by atoms with Gasteiger partial charge in [-0.2, -0.15) is 0 Å². The molecule has 0 spiro atoms. The summed E-state index contributed by atoms with van der Waals surface area (Å²) in [5, 5.41) is 7.48. The highest BCUT2D eigenvalue weighted by Gasteiger charge is 2.30. The summed E-state index contributed by atoms with van der Waals surface area (Å²) in [6, 6.07) is 14.7. The number of aromatic nitrogens is 3. The van der Waals surface area contributed by atoms with E-state index in [0.29, 0.717) is 17.0 Å². The molecule has 7 heteroatoms. The number of pyridine rings is 1. The van der Waals surface area contributed by atoms with E-state index in [1.165, 1.54) is 18.3 Å². The molecule has 3 heterocycles. The minimum Gasteiger partial charge on any atom is -0.349 e. The first-order chi connectivity index (χ1) is 14.6. The second kappa shape index (κ2) is 7.33. The lowest BCUT2D eigenvalue weighted by molar-refractivity contribution is 0.560. The van der Waals surface area contributed by atoms with Crippen molar-refractivity contribution in [1.82, 2.24) is 14.5 Å². The van der Waals surface area contributed by atoms with E-state index in [1.54, 1.807) is 6.33 Å². The zero-order chi connectivity index (χ0) is 20.7. The molecule has 1 N–H and O–H groups in total. The second-order valence-corrected chi connectivity index (χ2v) is 7.38. The van der Waals surface area contributed by atoms with Crippen molar-refractivity contribution in [2.45, 2.75) is 18.9 Å². The summed E-state index contributed by atoms with van der Waals surface area (Å²) in [7, 11) is 0. The maximum atomic E-state index is 14.4. The van der Waals surface area contributed by atoms with Crippen LogP contribution in [0.1, 0.15) is 30.0 Å². The number of nitrogens with zero attached hydrogens (tertiary/aromatic N) is 4. The number of hydrogen-bond acceptors (Lipinski definition) is 4. The van der Waals surface area contributed by atoms with E-state index >= 15 is 0 Å². The van der Waals surface area contributed by atoms with Crippen molar-refractivity contribution in [2.24, 2.45) is 0 Å². The van der Waals surface area contributed by atoms with Crippen molar-refractivity contribution in [2.75, 3.05) is 11.4 Å². The summed E-state index contributed by atoms with van der Waals surface area (Å²) in [5.41, 5.74) is 3.43. The monoisotopic (exact) mass is 403 g/mol. The first-order valence-corrected chi connectivity index (χ1v) is 9.80. The molecule has 4 aromatic rings. The van der Waals surface area contributed by atoms with Gasteiger partial charge in [0, 0.05) is 24.0 Å². The largest absolute Gasteiger partial charge is 0.349 e. The van der Waals surface area contributed by atoms with Crippen molar-refractivity contribution in [1.29, 1.82) is 5.41 Å². The topological polar surface area (TPSA) is 57.8 Å². The van der Waals surface area contributed by atoms with E-state index in [-0.39, 0.29) is 6.04 Å². The molecule has 0 aliphatic carbocycles. The summed E-state index contributed by atoms with van der Waals surface area (Å²) >= 11 is 0. The molecule has 1 atom stereocenters. The van der Waals surface area contributed by atoms with Gasteiger partial charge in [-0.25, -0.2) is 18.7 Å². The average Bonchev–Trinajstić information content (AvgIpc) is 3.42. The molecule has 1 aliphatic rings. The quantitative estimate of drug-likeness (QED) is 0.486. The normalized spacial score (nSPS) is 16.3. The molecule has 0 radical (unpaired) electrons. The molecular weight excluding hydrogens is 384 g/mol. The predicted molar refractivity (Wildman–Crippen MR) is 112 cm³/mol.